The Kier molecular flexibility index (Phi) is 7.30. The molecule has 1 aliphatic heterocycles. The summed E-state index contributed by atoms with van der Waals surface area (Å²) in [5.41, 5.74) is 1.77. The van der Waals surface area contributed by atoms with Gasteiger partial charge in [0.25, 0.3) is 5.91 Å². The predicted octanol–water partition coefficient (Wildman–Crippen LogP) is 3.33. The van der Waals surface area contributed by atoms with E-state index in [1.807, 2.05) is 24.3 Å². The molecule has 2 aromatic rings. The first-order chi connectivity index (χ1) is 14.0. The number of aromatic nitrogens is 1. The Hall–Kier alpha value is -2.35. The molecule has 1 N–H and O–H groups in total. The van der Waals surface area contributed by atoms with Gasteiger partial charge in [0.1, 0.15) is 17.4 Å². The van der Waals surface area contributed by atoms with E-state index in [1.165, 1.54) is 17.0 Å². The maximum Gasteiger partial charge on any atom is 0.274 e. The third-order valence-corrected chi connectivity index (χ3v) is 5.06. The Morgan fingerprint density at radius 1 is 1.14 bits per heavy atom. The number of anilines is 2. The molecule has 2 amide bonds. The van der Waals surface area contributed by atoms with Crippen LogP contribution in [-0.4, -0.2) is 61.1 Å². The molecule has 2 heterocycles. The van der Waals surface area contributed by atoms with Crippen molar-refractivity contribution in [2.75, 3.05) is 49.6 Å². The zero-order chi connectivity index (χ0) is 20.8. The lowest BCUT2D eigenvalue weighted by molar-refractivity contribution is -0.116. The van der Waals surface area contributed by atoms with E-state index in [9.17, 15) is 9.59 Å². The molecule has 0 aliphatic carbocycles. The second-order valence-electron chi connectivity index (χ2n) is 6.48. The highest BCUT2D eigenvalue weighted by atomic mass is 35.5. The number of carbonyl (C=O) groups is 2. The number of pyridine rings is 1. The Bertz CT molecular complexity index is 871. The summed E-state index contributed by atoms with van der Waals surface area (Å²) < 4.78 is 5.36. The van der Waals surface area contributed by atoms with Gasteiger partial charge < -0.3 is 19.9 Å². The van der Waals surface area contributed by atoms with Gasteiger partial charge in [0.15, 0.2) is 0 Å². The van der Waals surface area contributed by atoms with Gasteiger partial charge in [-0.05, 0) is 43.3 Å². The number of benzene rings is 1. The van der Waals surface area contributed by atoms with E-state index in [0.29, 0.717) is 25.4 Å². The van der Waals surface area contributed by atoms with Crippen LogP contribution in [0.4, 0.5) is 11.4 Å². The maximum atomic E-state index is 12.7. The fourth-order valence-electron chi connectivity index (χ4n) is 3.00. The summed E-state index contributed by atoms with van der Waals surface area (Å²) in [7, 11) is 0. The van der Waals surface area contributed by atoms with Crippen LogP contribution in [0.3, 0.4) is 0 Å². The van der Waals surface area contributed by atoms with Crippen molar-refractivity contribution < 1.29 is 14.3 Å². The van der Waals surface area contributed by atoms with Crippen molar-refractivity contribution in [3.8, 4) is 0 Å². The lowest BCUT2D eigenvalue weighted by Crippen LogP contribution is -2.38. The molecule has 0 unspecified atom stereocenters. The van der Waals surface area contributed by atoms with E-state index in [0.717, 1.165) is 18.8 Å². The van der Waals surface area contributed by atoms with Crippen LogP contribution in [-0.2, 0) is 9.53 Å². The molecular weight excluding hydrogens is 415 g/mol. The third-order valence-electron chi connectivity index (χ3n) is 4.55. The van der Waals surface area contributed by atoms with Crippen LogP contribution in [0.5, 0.6) is 0 Å². The molecule has 1 aromatic heterocycles. The highest BCUT2D eigenvalue weighted by molar-refractivity contribution is 6.34. The maximum absolute atomic E-state index is 12.7. The molecule has 0 atom stereocenters. The number of halogens is 2. The van der Waals surface area contributed by atoms with E-state index >= 15 is 0 Å². The minimum absolute atomic E-state index is 0.0312. The number of hydrogen-bond acceptors (Lipinski definition) is 5. The van der Waals surface area contributed by atoms with Gasteiger partial charge in [-0.1, -0.05) is 23.2 Å². The first-order valence-electron chi connectivity index (χ1n) is 9.32. The van der Waals surface area contributed by atoms with Crippen LogP contribution in [0, 0.1) is 0 Å². The molecule has 0 saturated carbocycles. The fraction of sp³-hybridized carbons (Fsp3) is 0.350. The molecule has 1 aliphatic rings. The van der Waals surface area contributed by atoms with E-state index < -0.39 is 5.91 Å². The highest BCUT2D eigenvalue weighted by Gasteiger charge is 2.21. The quantitative estimate of drug-likeness (QED) is 0.702. The average molecular weight is 437 g/mol. The second-order valence-corrected chi connectivity index (χ2v) is 7.27. The lowest BCUT2D eigenvalue weighted by atomic mass is 10.2. The molecule has 1 saturated heterocycles. The molecule has 0 radical (unpaired) electrons. The molecule has 3 rings (SSSR count). The second kappa shape index (κ2) is 9.91. The molecule has 0 spiro atoms. The number of morpholine rings is 1. The first-order valence-corrected chi connectivity index (χ1v) is 10.1. The molecule has 9 heteroatoms. The number of likely N-dealkylation sites (N-methyl/N-ethyl adjacent to an activating group) is 1. The van der Waals surface area contributed by atoms with Gasteiger partial charge in [-0.3, -0.25) is 9.59 Å². The Balaban J connectivity index is 1.61. The van der Waals surface area contributed by atoms with Gasteiger partial charge in [0.05, 0.1) is 18.2 Å². The van der Waals surface area contributed by atoms with Crippen LogP contribution >= 0.6 is 23.2 Å². The number of nitrogens with one attached hydrogen (secondary N) is 1. The summed E-state index contributed by atoms with van der Waals surface area (Å²) in [6, 6.07) is 10.6. The zero-order valence-corrected chi connectivity index (χ0v) is 17.5. The van der Waals surface area contributed by atoms with Gasteiger partial charge in [0, 0.05) is 31.0 Å². The van der Waals surface area contributed by atoms with Gasteiger partial charge in [-0.2, -0.15) is 0 Å². The van der Waals surface area contributed by atoms with Crippen LogP contribution in [0.15, 0.2) is 36.4 Å². The van der Waals surface area contributed by atoms with Gasteiger partial charge in [-0.25, -0.2) is 4.98 Å². The van der Waals surface area contributed by atoms with E-state index in [1.54, 1.807) is 6.92 Å². The number of hydrogen-bond donors (Lipinski definition) is 1. The molecule has 7 nitrogen and oxygen atoms in total. The molecule has 1 aromatic carbocycles. The topological polar surface area (TPSA) is 74.8 Å². The fourth-order valence-corrected chi connectivity index (χ4v) is 3.33. The molecule has 0 bridgehead atoms. The summed E-state index contributed by atoms with van der Waals surface area (Å²) in [4.78, 5) is 32.7. The zero-order valence-electron chi connectivity index (χ0n) is 16.0. The third kappa shape index (κ3) is 5.59. The van der Waals surface area contributed by atoms with Crippen LogP contribution in [0.1, 0.15) is 17.4 Å². The first kappa shape index (κ1) is 21.4. The molecule has 29 heavy (non-hydrogen) atoms. The van der Waals surface area contributed by atoms with E-state index in [2.05, 4.69) is 15.2 Å². The number of carbonyl (C=O) groups excluding carboxylic acids is 2. The van der Waals surface area contributed by atoms with E-state index in [-0.39, 0.29) is 28.3 Å². The predicted molar refractivity (Wildman–Crippen MR) is 114 cm³/mol. The Morgan fingerprint density at radius 3 is 2.48 bits per heavy atom. The minimum atomic E-state index is -0.446. The largest absolute Gasteiger partial charge is 0.378 e. The number of nitrogens with zero attached hydrogens (tertiary/aromatic N) is 3. The van der Waals surface area contributed by atoms with E-state index in [4.69, 9.17) is 27.9 Å². The summed E-state index contributed by atoms with van der Waals surface area (Å²) >= 11 is 11.9. The summed E-state index contributed by atoms with van der Waals surface area (Å²) in [5.74, 6) is -0.754. The molecule has 1 fully saturated rings. The van der Waals surface area contributed by atoms with Crippen molar-refractivity contribution in [3.05, 3.63) is 52.3 Å². The highest BCUT2D eigenvalue weighted by Crippen LogP contribution is 2.20. The number of ether oxygens (including phenoxy) is 1. The summed E-state index contributed by atoms with van der Waals surface area (Å²) in [6.45, 7) is 5.10. The smallest absolute Gasteiger partial charge is 0.274 e. The van der Waals surface area contributed by atoms with Crippen molar-refractivity contribution in [1.82, 2.24) is 9.88 Å². The van der Waals surface area contributed by atoms with Crippen molar-refractivity contribution in [3.63, 3.8) is 0 Å². The van der Waals surface area contributed by atoms with Crippen molar-refractivity contribution in [2.24, 2.45) is 0 Å². The standard InChI is InChI=1S/C20H22Cl2N4O3/c1-2-25(20(28)19-16(21)7-8-17(22)24-19)13-18(27)23-14-3-5-15(6-4-14)26-9-11-29-12-10-26/h3-8H,2,9-13H2,1H3,(H,23,27). The summed E-state index contributed by atoms with van der Waals surface area (Å²) in [5, 5.41) is 3.17. The van der Waals surface area contributed by atoms with Crippen LogP contribution in [0.25, 0.3) is 0 Å². The monoisotopic (exact) mass is 436 g/mol. The molecule has 154 valence electrons. The van der Waals surface area contributed by atoms with Gasteiger partial charge in [0.2, 0.25) is 5.91 Å². The van der Waals surface area contributed by atoms with Crippen LogP contribution < -0.4 is 10.2 Å². The SMILES string of the molecule is CCN(CC(=O)Nc1ccc(N2CCOCC2)cc1)C(=O)c1nc(Cl)ccc1Cl. The van der Waals surface area contributed by atoms with Crippen molar-refractivity contribution in [2.45, 2.75) is 6.92 Å². The van der Waals surface area contributed by atoms with Crippen LogP contribution in [0.2, 0.25) is 10.2 Å². The molecular formula is C20H22Cl2N4O3. The number of amides is 2. The van der Waals surface area contributed by atoms with Gasteiger partial charge >= 0.3 is 0 Å². The minimum Gasteiger partial charge on any atom is -0.378 e. The van der Waals surface area contributed by atoms with Crippen molar-refractivity contribution >= 4 is 46.4 Å². The number of rotatable bonds is 6. The Labute approximate surface area is 179 Å². The summed E-state index contributed by atoms with van der Waals surface area (Å²) in [6.07, 6.45) is 0. The Morgan fingerprint density at radius 2 is 1.83 bits per heavy atom. The average Bonchev–Trinajstić information content (AvgIpc) is 2.74. The lowest BCUT2D eigenvalue weighted by Gasteiger charge is -2.29. The normalized spacial score (nSPS) is 13.8. The van der Waals surface area contributed by atoms with Crippen molar-refractivity contribution in [1.29, 1.82) is 0 Å². The van der Waals surface area contributed by atoms with Gasteiger partial charge in [-0.15, -0.1) is 0 Å².